The molecule has 39 heavy (non-hydrogen) atoms. The van der Waals surface area contributed by atoms with Gasteiger partial charge in [0.25, 0.3) is 11.2 Å². The van der Waals surface area contributed by atoms with Crippen molar-refractivity contribution < 1.29 is 23.3 Å². The molecular formula is C27H19ClFN3O6S. The van der Waals surface area contributed by atoms with Gasteiger partial charge in [0.1, 0.15) is 17.3 Å². The fourth-order valence-electron chi connectivity index (χ4n) is 4.32. The van der Waals surface area contributed by atoms with Gasteiger partial charge in [0.15, 0.2) is 4.80 Å². The Kier molecular flexibility index (Phi) is 7.02. The molecule has 1 aliphatic heterocycles. The van der Waals surface area contributed by atoms with Crippen molar-refractivity contribution >= 4 is 40.7 Å². The highest BCUT2D eigenvalue weighted by molar-refractivity contribution is 7.07. The lowest BCUT2D eigenvalue weighted by Gasteiger charge is -2.24. The average Bonchev–Trinajstić information content (AvgIpc) is 3.48. The fraction of sp³-hybridized carbons (Fsp3) is 0.148. The first kappa shape index (κ1) is 26.3. The number of aromatic nitrogens is 1. The molecular weight excluding hydrogens is 549 g/mol. The van der Waals surface area contributed by atoms with Crippen molar-refractivity contribution in [3.63, 3.8) is 0 Å². The third-order valence-corrected chi connectivity index (χ3v) is 7.24. The normalized spacial score (nSPS) is 15.2. The quantitative estimate of drug-likeness (QED) is 0.188. The number of furan rings is 1. The Bertz CT molecular complexity index is 1840. The van der Waals surface area contributed by atoms with Crippen molar-refractivity contribution in [3.8, 4) is 11.3 Å². The van der Waals surface area contributed by atoms with Crippen molar-refractivity contribution in [1.82, 2.24) is 4.57 Å². The molecule has 12 heteroatoms. The zero-order chi connectivity index (χ0) is 27.8. The van der Waals surface area contributed by atoms with Crippen LogP contribution in [-0.4, -0.2) is 22.1 Å². The minimum atomic E-state index is -0.882. The number of allylic oxidation sites excluding steroid dienone is 1. The molecule has 3 heterocycles. The molecule has 0 amide bonds. The number of fused-ring (bicyclic) bond motifs is 1. The van der Waals surface area contributed by atoms with Gasteiger partial charge >= 0.3 is 5.97 Å². The molecule has 0 bridgehead atoms. The number of nitro benzene ring substituents is 1. The smallest absolute Gasteiger partial charge is 0.338 e. The maximum absolute atomic E-state index is 13.7. The van der Waals surface area contributed by atoms with E-state index >= 15 is 0 Å². The fourth-order valence-corrected chi connectivity index (χ4v) is 5.51. The Morgan fingerprint density at radius 3 is 2.69 bits per heavy atom. The van der Waals surface area contributed by atoms with Gasteiger partial charge < -0.3 is 9.15 Å². The Balaban J connectivity index is 1.63. The third-order valence-electron chi connectivity index (χ3n) is 6.02. The Labute approximate surface area is 228 Å². The highest BCUT2D eigenvalue weighted by Gasteiger charge is 2.33. The molecule has 2 aromatic heterocycles. The van der Waals surface area contributed by atoms with Crippen molar-refractivity contribution in [2.24, 2.45) is 4.99 Å². The number of thiazole rings is 1. The second-order valence-electron chi connectivity index (χ2n) is 8.47. The predicted molar refractivity (Wildman–Crippen MR) is 143 cm³/mol. The molecule has 0 radical (unpaired) electrons. The van der Waals surface area contributed by atoms with Gasteiger partial charge in [-0.2, -0.15) is 0 Å². The number of halogens is 2. The summed E-state index contributed by atoms with van der Waals surface area (Å²) in [5.41, 5.74) is 0.638. The lowest BCUT2D eigenvalue weighted by atomic mass is 9.96. The van der Waals surface area contributed by atoms with Crippen molar-refractivity contribution in [1.29, 1.82) is 0 Å². The minimum Gasteiger partial charge on any atom is -0.463 e. The molecule has 0 saturated carbocycles. The van der Waals surface area contributed by atoms with Gasteiger partial charge in [0, 0.05) is 17.2 Å². The Morgan fingerprint density at radius 2 is 2.00 bits per heavy atom. The highest BCUT2D eigenvalue weighted by Crippen LogP contribution is 2.34. The lowest BCUT2D eigenvalue weighted by molar-refractivity contribution is -0.384. The summed E-state index contributed by atoms with van der Waals surface area (Å²) >= 11 is 7.00. The summed E-state index contributed by atoms with van der Waals surface area (Å²) < 4.78 is 26.4. The largest absolute Gasteiger partial charge is 0.463 e. The van der Waals surface area contributed by atoms with E-state index in [1.54, 1.807) is 26.0 Å². The first-order valence-electron chi connectivity index (χ1n) is 11.7. The molecule has 2 aromatic carbocycles. The maximum Gasteiger partial charge on any atom is 0.338 e. The van der Waals surface area contributed by atoms with E-state index in [0.717, 1.165) is 11.3 Å². The second kappa shape index (κ2) is 10.4. The summed E-state index contributed by atoms with van der Waals surface area (Å²) in [5.74, 6) is -0.581. The molecule has 0 N–H and O–H groups in total. The van der Waals surface area contributed by atoms with E-state index in [-0.39, 0.29) is 44.5 Å². The van der Waals surface area contributed by atoms with Crippen LogP contribution in [0.2, 0.25) is 5.02 Å². The van der Waals surface area contributed by atoms with Crippen LogP contribution in [0.3, 0.4) is 0 Å². The number of carbonyl (C=O) groups excluding carboxylic acids is 1. The molecule has 4 aromatic rings. The van der Waals surface area contributed by atoms with Crippen LogP contribution in [0.15, 0.2) is 80.1 Å². The van der Waals surface area contributed by atoms with Gasteiger partial charge in [-0.05, 0) is 55.8 Å². The number of carbonyl (C=O) groups is 1. The zero-order valence-corrected chi connectivity index (χ0v) is 22.1. The first-order valence-corrected chi connectivity index (χ1v) is 12.9. The highest BCUT2D eigenvalue weighted by atomic mass is 35.5. The van der Waals surface area contributed by atoms with E-state index in [2.05, 4.69) is 4.99 Å². The number of hydrogen-bond acceptors (Lipinski definition) is 8. The summed E-state index contributed by atoms with van der Waals surface area (Å²) in [4.78, 5) is 42.3. The van der Waals surface area contributed by atoms with E-state index in [9.17, 15) is 24.1 Å². The van der Waals surface area contributed by atoms with Gasteiger partial charge in [-0.1, -0.05) is 35.1 Å². The molecule has 0 unspecified atom stereocenters. The SMILES string of the molecule is CCOC(=O)C1=C(C)N=c2s/c(=C\c3ccc(-c4ccc(Cl)cc4[N+](=O)[O-])o3)c(=O)n2[C@H]1c1ccc(F)cc1. The maximum atomic E-state index is 13.7. The molecule has 0 spiro atoms. The topological polar surface area (TPSA) is 117 Å². The van der Waals surface area contributed by atoms with Crippen LogP contribution in [-0.2, 0) is 9.53 Å². The summed E-state index contributed by atoms with van der Waals surface area (Å²) in [6.45, 7) is 3.45. The Morgan fingerprint density at radius 1 is 1.26 bits per heavy atom. The number of rotatable bonds is 6. The van der Waals surface area contributed by atoms with E-state index in [1.165, 1.54) is 53.1 Å². The van der Waals surface area contributed by atoms with Crippen molar-refractivity contribution in [2.45, 2.75) is 19.9 Å². The van der Waals surface area contributed by atoms with E-state index in [4.69, 9.17) is 20.8 Å². The first-order chi connectivity index (χ1) is 18.7. The molecule has 1 atom stereocenters. The number of ether oxygens (including phenoxy) is 1. The van der Waals surface area contributed by atoms with E-state index < -0.39 is 28.3 Å². The lowest BCUT2D eigenvalue weighted by Crippen LogP contribution is -2.39. The van der Waals surface area contributed by atoms with Gasteiger partial charge in [-0.3, -0.25) is 19.5 Å². The summed E-state index contributed by atoms with van der Waals surface area (Å²) in [7, 11) is 0. The van der Waals surface area contributed by atoms with Crippen LogP contribution >= 0.6 is 22.9 Å². The van der Waals surface area contributed by atoms with Crippen molar-refractivity contribution in [3.05, 3.63) is 118 Å². The van der Waals surface area contributed by atoms with Crippen LogP contribution in [0.25, 0.3) is 17.4 Å². The molecule has 0 aliphatic carbocycles. The van der Waals surface area contributed by atoms with Crippen LogP contribution in [0.4, 0.5) is 10.1 Å². The summed E-state index contributed by atoms with van der Waals surface area (Å²) in [6.07, 6.45) is 1.50. The molecule has 198 valence electrons. The Hall–Kier alpha value is -4.35. The standard InChI is InChI=1S/C27H19ClFN3O6S/c1-3-37-26(34)23-14(2)30-27-31(24(23)15-4-7-17(29)8-5-15)25(33)22(39-27)13-18-9-11-21(38-18)19-10-6-16(28)12-20(19)32(35)36/h4-13,24H,3H2,1-2H3/b22-13-/t24-/m0/s1. The second-order valence-corrected chi connectivity index (χ2v) is 9.92. The summed E-state index contributed by atoms with van der Waals surface area (Å²) in [5, 5.41) is 11.7. The van der Waals surface area contributed by atoms with Gasteiger partial charge in [0.05, 0.1) is 38.9 Å². The number of nitrogens with zero attached hydrogens (tertiary/aromatic N) is 3. The van der Waals surface area contributed by atoms with Gasteiger partial charge in [-0.25, -0.2) is 14.2 Å². The third kappa shape index (κ3) is 4.93. The van der Waals surface area contributed by atoms with Crippen LogP contribution in [0.1, 0.15) is 31.2 Å². The number of hydrogen-bond donors (Lipinski definition) is 0. The number of esters is 1. The minimum absolute atomic E-state index is 0.128. The van der Waals surface area contributed by atoms with Crippen LogP contribution in [0.5, 0.6) is 0 Å². The molecule has 5 rings (SSSR count). The monoisotopic (exact) mass is 567 g/mol. The van der Waals surface area contributed by atoms with Crippen molar-refractivity contribution in [2.75, 3.05) is 6.61 Å². The van der Waals surface area contributed by atoms with Gasteiger partial charge in [0.2, 0.25) is 0 Å². The molecule has 0 fully saturated rings. The van der Waals surface area contributed by atoms with Gasteiger partial charge in [-0.15, -0.1) is 0 Å². The van der Waals surface area contributed by atoms with E-state index in [0.29, 0.717) is 16.1 Å². The van der Waals surface area contributed by atoms with Crippen LogP contribution < -0.4 is 14.9 Å². The van der Waals surface area contributed by atoms with E-state index in [1.807, 2.05) is 0 Å². The molecule has 9 nitrogen and oxygen atoms in total. The average molecular weight is 568 g/mol. The van der Waals surface area contributed by atoms with Crippen LogP contribution in [0, 0.1) is 15.9 Å². The molecule has 1 aliphatic rings. The molecule has 0 saturated heterocycles. The number of nitro groups is 1. The zero-order valence-electron chi connectivity index (χ0n) is 20.5. The predicted octanol–water partition coefficient (Wildman–Crippen LogP) is 4.76. The summed E-state index contributed by atoms with van der Waals surface area (Å²) in [6, 6.07) is 12.0. The number of benzene rings is 2.